The van der Waals surface area contributed by atoms with Gasteiger partial charge in [-0.2, -0.15) is 13.2 Å². The maximum Gasteiger partial charge on any atom is 0.417 e. The molecule has 0 saturated heterocycles. The van der Waals surface area contributed by atoms with Crippen molar-refractivity contribution in [2.45, 2.75) is 32.5 Å². The summed E-state index contributed by atoms with van der Waals surface area (Å²) in [7, 11) is 1.29. The average Bonchev–Trinajstić information content (AvgIpc) is 2.78. The van der Waals surface area contributed by atoms with Crippen molar-refractivity contribution in [1.82, 2.24) is 4.98 Å². The van der Waals surface area contributed by atoms with Gasteiger partial charge in [-0.15, -0.1) is 0 Å². The number of carbonyl (C=O) groups excluding carboxylic acids is 1. The molecule has 1 aromatic heterocycles. The summed E-state index contributed by atoms with van der Waals surface area (Å²) in [5.74, 6) is -0.232. The zero-order valence-electron chi connectivity index (χ0n) is 18.1. The highest BCUT2D eigenvalue weighted by Gasteiger charge is 2.34. The maximum atomic E-state index is 13.9. The number of benzene rings is 2. The summed E-state index contributed by atoms with van der Waals surface area (Å²) in [5, 5.41) is 3.20. The Morgan fingerprint density at radius 3 is 2.34 bits per heavy atom. The van der Waals surface area contributed by atoms with Crippen LogP contribution in [0.1, 0.15) is 47.9 Å². The van der Waals surface area contributed by atoms with Crippen LogP contribution in [0.3, 0.4) is 0 Å². The number of ether oxygens (including phenoxy) is 1. The van der Waals surface area contributed by atoms with E-state index in [9.17, 15) is 18.0 Å². The number of hydrogen-bond donors (Lipinski definition) is 1. The van der Waals surface area contributed by atoms with Crippen LogP contribution < -0.4 is 5.32 Å². The van der Waals surface area contributed by atoms with E-state index in [1.54, 1.807) is 48.5 Å². The van der Waals surface area contributed by atoms with Gasteiger partial charge in [-0.1, -0.05) is 50.2 Å². The van der Waals surface area contributed by atoms with Gasteiger partial charge in [0.25, 0.3) is 0 Å². The van der Waals surface area contributed by atoms with Crippen molar-refractivity contribution in [3.05, 3.63) is 83.7 Å². The van der Waals surface area contributed by atoms with Crippen LogP contribution in [0.25, 0.3) is 11.1 Å². The Hall–Kier alpha value is -3.35. The van der Waals surface area contributed by atoms with Crippen molar-refractivity contribution in [3.8, 4) is 11.1 Å². The molecule has 0 bridgehead atoms. The SMILES string of the molecule is COC(=O)c1ccc(C(CC(C)C)Nc2ccc(-c3ccccc3)c(C(F)(F)F)c2)nc1. The van der Waals surface area contributed by atoms with E-state index in [-0.39, 0.29) is 17.5 Å². The lowest BCUT2D eigenvalue weighted by Gasteiger charge is -2.23. The van der Waals surface area contributed by atoms with E-state index in [0.717, 1.165) is 6.07 Å². The van der Waals surface area contributed by atoms with Gasteiger partial charge in [0.05, 0.1) is 30.0 Å². The van der Waals surface area contributed by atoms with E-state index in [1.165, 1.54) is 19.4 Å². The molecule has 32 heavy (non-hydrogen) atoms. The van der Waals surface area contributed by atoms with Crippen molar-refractivity contribution in [2.24, 2.45) is 5.92 Å². The summed E-state index contributed by atoms with van der Waals surface area (Å²) in [5.41, 5.74) is 1.22. The van der Waals surface area contributed by atoms with Crippen molar-refractivity contribution in [3.63, 3.8) is 0 Å². The molecule has 0 aliphatic heterocycles. The molecule has 0 spiro atoms. The Morgan fingerprint density at radius 2 is 1.78 bits per heavy atom. The van der Waals surface area contributed by atoms with Gasteiger partial charge in [0.1, 0.15) is 0 Å². The highest BCUT2D eigenvalue weighted by molar-refractivity contribution is 5.88. The highest BCUT2D eigenvalue weighted by Crippen LogP contribution is 2.39. The van der Waals surface area contributed by atoms with Crippen LogP contribution in [0.4, 0.5) is 18.9 Å². The summed E-state index contributed by atoms with van der Waals surface area (Å²) < 4.78 is 46.3. The third-order valence-corrected chi connectivity index (χ3v) is 5.02. The first-order chi connectivity index (χ1) is 15.2. The molecule has 4 nitrogen and oxygen atoms in total. The number of methoxy groups -OCH3 is 1. The largest absolute Gasteiger partial charge is 0.465 e. The molecule has 1 atom stereocenters. The molecule has 1 unspecified atom stereocenters. The number of esters is 1. The molecule has 0 radical (unpaired) electrons. The molecule has 3 aromatic rings. The molecule has 2 aromatic carbocycles. The number of rotatable bonds is 7. The number of aromatic nitrogens is 1. The van der Waals surface area contributed by atoms with Crippen molar-refractivity contribution < 1.29 is 22.7 Å². The van der Waals surface area contributed by atoms with E-state index in [1.807, 2.05) is 13.8 Å². The van der Waals surface area contributed by atoms with Gasteiger partial charge in [0.15, 0.2) is 0 Å². The van der Waals surface area contributed by atoms with E-state index in [0.29, 0.717) is 28.9 Å². The number of carbonyl (C=O) groups is 1. The Morgan fingerprint density at radius 1 is 1.06 bits per heavy atom. The summed E-state index contributed by atoms with van der Waals surface area (Å²) in [6.07, 6.45) is -2.45. The van der Waals surface area contributed by atoms with Crippen molar-refractivity contribution in [1.29, 1.82) is 0 Å². The Balaban J connectivity index is 1.95. The molecular formula is C25H25F3N2O2. The minimum atomic E-state index is -4.50. The monoisotopic (exact) mass is 442 g/mol. The minimum Gasteiger partial charge on any atom is -0.465 e. The number of nitrogens with one attached hydrogen (secondary N) is 1. The fraction of sp³-hybridized carbons (Fsp3) is 0.280. The molecule has 168 valence electrons. The minimum absolute atomic E-state index is 0.129. The Bertz CT molecular complexity index is 1050. The van der Waals surface area contributed by atoms with E-state index in [2.05, 4.69) is 15.0 Å². The van der Waals surface area contributed by atoms with E-state index >= 15 is 0 Å². The predicted molar refractivity (Wildman–Crippen MR) is 118 cm³/mol. The molecule has 0 aliphatic rings. The van der Waals surface area contributed by atoms with Gasteiger partial charge in [-0.25, -0.2) is 4.79 Å². The smallest absolute Gasteiger partial charge is 0.417 e. The van der Waals surface area contributed by atoms with Gasteiger partial charge in [0, 0.05) is 11.9 Å². The second-order valence-electron chi connectivity index (χ2n) is 7.91. The Labute approximate surface area is 185 Å². The van der Waals surface area contributed by atoms with E-state index < -0.39 is 17.7 Å². The standard InChI is InChI=1S/C25H25F3N2O2/c1-16(2)13-23(22-12-9-18(15-29-22)24(31)32-3)30-19-10-11-20(17-7-5-4-6-8-17)21(14-19)25(26,27)28/h4-12,14-16,23,30H,13H2,1-3H3. The molecule has 7 heteroatoms. The first-order valence-electron chi connectivity index (χ1n) is 10.3. The molecular weight excluding hydrogens is 417 g/mol. The lowest BCUT2D eigenvalue weighted by molar-refractivity contribution is -0.137. The third kappa shape index (κ3) is 5.66. The molecule has 3 rings (SSSR count). The van der Waals surface area contributed by atoms with E-state index in [4.69, 9.17) is 0 Å². The average molecular weight is 442 g/mol. The highest BCUT2D eigenvalue weighted by atomic mass is 19.4. The number of hydrogen-bond acceptors (Lipinski definition) is 4. The van der Waals surface area contributed by atoms with Crippen LogP contribution in [-0.2, 0) is 10.9 Å². The van der Waals surface area contributed by atoms with Gasteiger partial charge in [-0.3, -0.25) is 4.98 Å². The first-order valence-corrected chi connectivity index (χ1v) is 10.3. The summed E-state index contributed by atoms with van der Waals surface area (Å²) >= 11 is 0. The summed E-state index contributed by atoms with van der Waals surface area (Å²) in [4.78, 5) is 16.0. The zero-order valence-corrected chi connectivity index (χ0v) is 18.1. The fourth-order valence-corrected chi connectivity index (χ4v) is 3.51. The van der Waals surface area contributed by atoms with Crippen LogP contribution >= 0.6 is 0 Å². The third-order valence-electron chi connectivity index (χ3n) is 5.02. The summed E-state index contributed by atoms with van der Waals surface area (Å²) in [6, 6.07) is 15.7. The van der Waals surface area contributed by atoms with Crippen molar-refractivity contribution in [2.75, 3.05) is 12.4 Å². The van der Waals surface area contributed by atoms with Crippen molar-refractivity contribution >= 4 is 11.7 Å². The number of anilines is 1. The second kappa shape index (κ2) is 9.85. The normalized spacial score (nSPS) is 12.5. The summed E-state index contributed by atoms with van der Waals surface area (Å²) in [6.45, 7) is 4.05. The zero-order chi connectivity index (χ0) is 23.3. The van der Waals surface area contributed by atoms with Crippen LogP contribution in [-0.4, -0.2) is 18.1 Å². The molecule has 1 N–H and O–H groups in total. The lowest BCUT2D eigenvalue weighted by atomic mass is 9.97. The van der Waals surface area contributed by atoms with Gasteiger partial charge < -0.3 is 10.1 Å². The van der Waals surface area contributed by atoms with Crippen LogP contribution in [0.2, 0.25) is 0 Å². The maximum absolute atomic E-state index is 13.9. The number of alkyl halides is 3. The van der Waals surface area contributed by atoms with Crippen LogP contribution in [0.15, 0.2) is 66.9 Å². The number of nitrogens with zero attached hydrogens (tertiary/aromatic N) is 1. The van der Waals surface area contributed by atoms with Gasteiger partial charge in [-0.05, 0) is 47.7 Å². The van der Waals surface area contributed by atoms with Crippen LogP contribution in [0, 0.1) is 5.92 Å². The topological polar surface area (TPSA) is 51.2 Å². The quantitative estimate of drug-likeness (QED) is 0.411. The molecule has 0 saturated carbocycles. The van der Waals surface area contributed by atoms with Gasteiger partial charge in [0.2, 0.25) is 0 Å². The number of pyridine rings is 1. The predicted octanol–water partition coefficient (Wildman–Crippen LogP) is 6.75. The molecule has 0 fully saturated rings. The van der Waals surface area contributed by atoms with Crippen LogP contribution in [0.5, 0.6) is 0 Å². The fourth-order valence-electron chi connectivity index (χ4n) is 3.51. The molecule has 1 heterocycles. The number of halogens is 3. The lowest BCUT2D eigenvalue weighted by Crippen LogP contribution is -2.16. The van der Waals surface area contributed by atoms with Gasteiger partial charge >= 0.3 is 12.1 Å². The second-order valence-corrected chi connectivity index (χ2v) is 7.91. The molecule has 0 amide bonds. The first kappa shape index (κ1) is 23.3. The molecule has 0 aliphatic carbocycles. The Kier molecular flexibility index (Phi) is 7.18.